The van der Waals surface area contributed by atoms with Crippen LogP contribution in [0.1, 0.15) is 0 Å². The van der Waals surface area contributed by atoms with Crippen LogP contribution in [0.25, 0.3) is 0 Å². The van der Waals surface area contributed by atoms with Gasteiger partial charge in [-0.05, 0) is 0 Å². The molecule has 0 rings (SSSR count). The highest BCUT2D eigenvalue weighted by Gasteiger charge is 2.27. The lowest BCUT2D eigenvalue weighted by molar-refractivity contribution is -0.189. The minimum absolute atomic E-state index is 0.434. The Labute approximate surface area is 60.4 Å². The summed E-state index contributed by atoms with van der Waals surface area (Å²) >= 11 is 0. The van der Waals surface area contributed by atoms with Crippen LogP contribution < -0.4 is 11.2 Å². The molecule has 0 aromatic heterocycles. The van der Waals surface area contributed by atoms with Crippen molar-refractivity contribution in [1.29, 1.82) is 0 Å². The highest BCUT2D eigenvalue weighted by molar-refractivity contribution is 5.75. The molecule has 0 aromatic carbocycles. The van der Waals surface area contributed by atoms with Crippen molar-refractivity contribution in [3.05, 3.63) is 0 Å². The van der Waals surface area contributed by atoms with Crippen molar-refractivity contribution >= 4 is 5.91 Å². The maximum Gasteiger partial charge on any atom is 0.413 e. The molecule has 0 aliphatic carbocycles. The van der Waals surface area contributed by atoms with Crippen molar-refractivity contribution < 1.29 is 22.8 Å². The van der Waals surface area contributed by atoms with Gasteiger partial charge in [0.1, 0.15) is 0 Å². The molecule has 0 saturated heterocycles. The maximum absolute atomic E-state index is 11.3. The summed E-state index contributed by atoms with van der Waals surface area (Å²) in [6.07, 6.45) is -4.40. The van der Waals surface area contributed by atoms with Crippen molar-refractivity contribution in [3.8, 4) is 0 Å². The Morgan fingerprint density at radius 2 is 2.09 bits per heavy atom. The number of nitrogens with one attached hydrogen (secondary N) is 1. The summed E-state index contributed by atoms with van der Waals surface area (Å²) in [5.41, 5.74) is 6.33. The average molecular weight is 172 g/mol. The molecule has 0 spiro atoms. The van der Waals surface area contributed by atoms with Gasteiger partial charge in [-0.3, -0.25) is 9.63 Å². The van der Waals surface area contributed by atoms with Crippen molar-refractivity contribution in [2.45, 2.75) is 6.18 Å². The Kier molecular flexibility index (Phi) is 3.83. The summed E-state index contributed by atoms with van der Waals surface area (Å²) in [6.45, 7) is -1.88. The number of alkyl halides is 3. The van der Waals surface area contributed by atoms with Gasteiger partial charge in [-0.1, -0.05) is 0 Å². The van der Waals surface area contributed by atoms with E-state index in [2.05, 4.69) is 10.6 Å². The Hall–Kier alpha value is -0.820. The molecular weight excluding hydrogens is 165 g/mol. The van der Waals surface area contributed by atoms with Gasteiger partial charge in [0.15, 0.2) is 6.61 Å². The van der Waals surface area contributed by atoms with E-state index >= 15 is 0 Å². The second kappa shape index (κ2) is 4.14. The van der Waals surface area contributed by atoms with Gasteiger partial charge in [-0.25, -0.2) is 0 Å². The number of rotatable bonds is 4. The Bertz CT molecular complexity index is 136. The van der Waals surface area contributed by atoms with E-state index in [1.165, 1.54) is 0 Å². The van der Waals surface area contributed by atoms with Crippen LogP contribution in [0, 0.1) is 0 Å². The predicted octanol–water partition coefficient (Wildman–Crippen LogP) is -0.445. The zero-order chi connectivity index (χ0) is 8.91. The van der Waals surface area contributed by atoms with Crippen LogP contribution in [0.15, 0.2) is 0 Å². The van der Waals surface area contributed by atoms with Crippen LogP contribution in [0.4, 0.5) is 13.2 Å². The number of hydroxylamine groups is 1. The zero-order valence-corrected chi connectivity index (χ0v) is 5.44. The summed E-state index contributed by atoms with van der Waals surface area (Å²) < 4.78 is 33.9. The molecule has 0 aliphatic heterocycles. The molecule has 0 unspecified atom stereocenters. The lowest BCUT2D eigenvalue weighted by Crippen LogP contribution is -2.32. The fourth-order valence-electron chi connectivity index (χ4n) is 0.255. The molecule has 0 aromatic rings. The standard InChI is InChI=1S/C4H7F3N2O2/c5-4(6,7)2-11-9-1-3(8)10/h9H,1-2H2,(H2,8,10). The monoisotopic (exact) mass is 172 g/mol. The number of halogens is 3. The molecule has 66 valence electrons. The highest BCUT2D eigenvalue weighted by atomic mass is 19.4. The molecule has 1 amide bonds. The zero-order valence-electron chi connectivity index (χ0n) is 5.44. The molecule has 4 nitrogen and oxygen atoms in total. The molecule has 0 bridgehead atoms. The summed E-state index contributed by atoms with van der Waals surface area (Å²) in [4.78, 5) is 13.8. The fraction of sp³-hybridized carbons (Fsp3) is 0.750. The topological polar surface area (TPSA) is 64.4 Å². The van der Waals surface area contributed by atoms with E-state index in [1.807, 2.05) is 0 Å². The fourth-order valence-corrected chi connectivity index (χ4v) is 0.255. The van der Waals surface area contributed by atoms with Gasteiger partial charge in [0, 0.05) is 0 Å². The number of primary amides is 1. The van der Waals surface area contributed by atoms with Crippen molar-refractivity contribution in [2.24, 2.45) is 5.73 Å². The first-order chi connectivity index (χ1) is 4.92. The molecule has 0 aliphatic rings. The first-order valence-corrected chi connectivity index (χ1v) is 2.61. The number of carbonyl (C=O) groups excluding carboxylic acids is 1. The van der Waals surface area contributed by atoms with E-state index in [1.54, 1.807) is 5.48 Å². The van der Waals surface area contributed by atoms with Crippen LogP contribution in [0.5, 0.6) is 0 Å². The van der Waals surface area contributed by atoms with Gasteiger partial charge in [0.2, 0.25) is 5.91 Å². The number of amides is 1. The van der Waals surface area contributed by atoms with Crippen LogP contribution in [-0.2, 0) is 9.63 Å². The maximum atomic E-state index is 11.3. The molecule has 0 heterocycles. The largest absolute Gasteiger partial charge is 0.413 e. The predicted molar refractivity (Wildman–Crippen MR) is 29.2 cm³/mol. The van der Waals surface area contributed by atoms with Crippen molar-refractivity contribution in [2.75, 3.05) is 13.2 Å². The highest BCUT2D eigenvalue weighted by Crippen LogP contribution is 2.13. The van der Waals surface area contributed by atoms with Gasteiger partial charge in [-0.2, -0.15) is 18.7 Å². The van der Waals surface area contributed by atoms with Gasteiger partial charge < -0.3 is 5.73 Å². The van der Waals surface area contributed by atoms with E-state index in [0.29, 0.717) is 0 Å². The van der Waals surface area contributed by atoms with E-state index in [0.717, 1.165) is 0 Å². The van der Waals surface area contributed by atoms with E-state index in [9.17, 15) is 18.0 Å². The first kappa shape index (κ1) is 10.2. The van der Waals surface area contributed by atoms with Crippen molar-refractivity contribution in [1.82, 2.24) is 5.48 Å². The SMILES string of the molecule is NC(=O)CNOCC(F)(F)F. The summed E-state index contributed by atoms with van der Waals surface area (Å²) in [7, 11) is 0. The summed E-state index contributed by atoms with van der Waals surface area (Å²) in [5.74, 6) is -0.785. The van der Waals surface area contributed by atoms with Crippen LogP contribution in [-0.4, -0.2) is 25.2 Å². The Morgan fingerprint density at radius 3 is 2.45 bits per heavy atom. The number of hydrogen-bond donors (Lipinski definition) is 2. The van der Waals surface area contributed by atoms with Gasteiger partial charge >= 0.3 is 6.18 Å². The van der Waals surface area contributed by atoms with Gasteiger partial charge in [0.25, 0.3) is 0 Å². The van der Waals surface area contributed by atoms with Gasteiger partial charge in [0.05, 0.1) is 6.54 Å². The number of carbonyl (C=O) groups is 1. The molecular formula is C4H7F3N2O2. The summed E-state index contributed by atoms with van der Waals surface area (Å²) in [5, 5.41) is 0. The third-order valence-electron chi connectivity index (χ3n) is 0.584. The average Bonchev–Trinajstić information content (AvgIpc) is 1.78. The Morgan fingerprint density at radius 1 is 1.55 bits per heavy atom. The first-order valence-electron chi connectivity index (χ1n) is 2.61. The van der Waals surface area contributed by atoms with Crippen LogP contribution in [0.2, 0.25) is 0 Å². The number of nitrogens with two attached hydrogens (primary N) is 1. The van der Waals surface area contributed by atoms with Crippen molar-refractivity contribution in [3.63, 3.8) is 0 Å². The summed E-state index contributed by atoms with van der Waals surface area (Å²) in [6, 6.07) is 0. The molecule has 7 heteroatoms. The third-order valence-corrected chi connectivity index (χ3v) is 0.584. The second-order valence-electron chi connectivity index (χ2n) is 1.69. The van der Waals surface area contributed by atoms with Crippen LogP contribution in [0.3, 0.4) is 0 Å². The quantitative estimate of drug-likeness (QED) is 0.446. The van der Waals surface area contributed by atoms with Gasteiger partial charge in [-0.15, -0.1) is 0 Å². The van der Waals surface area contributed by atoms with E-state index in [-0.39, 0.29) is 0 Å². The number of hydrogen-bond acceptors (Lipinski definition) is 3. The second-order valence-corrected chi connectivity index (χ2v) is 1.69. The third kappa shape index (κ3) is 9.18. The molecule has 0 radical (unpaired) electrons. The molecule has 0 fully saturated rings. The normalized spacial score (nSPS) is 11.5. The molecule has 0 saturated carbocycles. The smallest absolute Gasteiger partial charge is 0.368 e. The molecule has 0 atom stereocenters. The van der Waals surface area contributed by atoms with E-state index in [4.69, 9.17) is 0 Å². The minimum atomic E-state index is -4.40. The Balaban J connectivity index is 3.22. The van der Waals surface area contributed by atoms with E-state index < -0.39 is 25.2 Å². The van der Waals surface area contributed by atoms with Crippen LogP contribution >= 0.6 is 0 Å². The molecule has 11 heavy (non-hydrogen) atoms. The lowest BCUT2D eigenvalue weighted by atomic mass is 10.6. The minimum Gasteiger partial charge on any atom is -0.368 e. The molecule has 3 N–H and O–H groups in total. The lowest BCUT2D eigenvalue weighted by Gasteiger charge is -2.06.